The fourth-order valence-electron chi connectivity index (χ4n) is 3.66. The van der Waals surface area contributed by atoms with Gasteiger partial charge in [0.05, 0.1) is 16.8 Å². The van der Waals surface area contributed by atoms with Gasteiger partial charge >= 0.3 is 6.18 Å². The third-order valence-corrected chi connectivity index (χ3v) is 5.39. The quantitative estimate of drug-likeness (QED) is 0.586. The number of aromatic amines is 1. The number of rotatable bonds is 5. The average Bonchev–Trinajstić information content (AvgIpc) is 3.22. The Morgan fingerprint density at radius 1 is 1.12 bits per heavy atom. The highest BCUT2D eigenvalue weighted by molar-refractivity contribution is 5.94. The van der Waals surface area contributed by atoms with Gasteiger partial charge in [-0.25, -0.2) is 9.37 Å². The molecule has 0 unspecified atom stereocenters. The molecule has 0 bridgehead atoms. The Balaban J connectivity index is 1.41. The number of alkyl halides is 3. The highest BCUT2D eigenvalue weighted by atomic mass is 19.4. The van der Waals surface area contributed by atoms with Gasteiger partial charge in [-0.2, -0.15) is 18.3 Å². The van der Waals surface area contributed by atoms with E-state index in [2.05, 4.69) is 20.1 Å². The van der Waals surface area contributed by atoms with Crippen LogP contribution in [-0.4, -0.2) is 52.2 Å². The fraction of sp³-hybridized carbons (Fsp3) is 0.286. The van der Waals surface area contributed by atoms with Gasteiger partial charge in [-0.1, -0.05) is 0 Å². The lowest BCUT2D eigenvalue weighted by atomic mass is 10.0. The number of carbonyl (C=O) groups excluding carboxylic acids is 1. The van der Waals surface area contributed by atoms with Crippen LogP contribution >= 0.6 is 0 Å². The van der Waals surface area contributed by atoms with Crippen molar-refractivity contribution in [1.29, 1.82) is 0 Å². The van der Waals surface area contributed by atoms with Gasteiger partial charge in [-0.15, -0.1) is 0 Å². The topological polar surface area (TPSA) is 91.1 Å². The predicted octanol–water partition coefficient (Wildman–Crippen LogP) is 3.05. The molecule has 7 nitrogen and oxygen atoms in total. The first kappa shape index (κ1) is 21.8. The van der Waals surface area contributed by atoms with Crippen molar-refractivity contribution >= 4 is 11.7 Å². The maximum absolute atomic E-state index is 13.8. The number of nitrogens with one attached hydrogen (secondary N) is 1. The van der Waals surface area contributed by atoms with Crippen LogP contribution in [0.3, 0.4) is 0 Å². The van der Waals surface area contributed by atoms with E-state index in [4.69, 9.17) is 5.73 Å². The molecule has 1 saturated heterocycles. The SMILES string of the molecule is NC(=O)c1cc(-c2n[nH]cc2CN2CCN(c3ccc(C(F)(F)F)cn3)CC2)ccc1F. The molecule has 32 heavy (non-hydrogen) atoms. The molecule has 2 aromatic heterocycles. The molecule has 0 aliphatic carbocycles. The number of amides is 1. The second-order valence-electron chi connectivity index (χ2n) is 7.48. The monoisotopic (exact) mass is 448 g/mol. The van der Waals surface area contributed by atoms with Gasteiger partial charge in [-0.05, 0) is 30.3 Å². The van der Waals surface area contributed by atoms with Gasteiger partial charge in [-0.3, -0.25) is 14.8 Å². The summed E-state index contributed by atoms with van der Waals surface area (Å²) < 4.78 is 52.0. The molecular weight excluding hydrogens is 428 g/mol. The largest absolute Gasteiger partial charge is 0.417 e. The molecule has 0 radical (unpaired) electrons. The van der Waals surface area contributed by atoms with Crippen molar-refractivity contribution in [2.75, 3.05) is 31.1 Å². The van der Waals surface area contributed by atoms with Crippen LogP contribution in [-0.2, 0) is 12.7 Å². The summed E-state index contributed by atoms with van der Waals surface area (Å²) in [6, 6.07) is 6.53. The lowest BCUT2D eigenvalue weighted by Crippen LogP contribution is -2.46. The minimum atomic E-state index is -4.41. The summed E-state index contributed by atoms with van der Waals surface area (Å²) in [6.45, 7) is 3.11. The molecule has 1 aliphatic rings. The Bertz CT molecular complexity index is 1100. The standard InChI is InChI=1S/C21H20F4N6O/c22-17-3-1-13(9-16(17)20(26)32)19-14(10-28-29-19)12-30-5-7-31(8-6-30)18-4-2-15(11-27-18)21(23,24)25/h1-4,9-11H,5-8,12H2,(H2,26,32)(H,28,29). The third-order valence-electron chi connectivity index (χ3n) is 5.39. The van der Waals surface area contributed by atoms with Crippen LogP contribution < -0.4 is 10.6 Å². The number of piperazine rings is 1. The van der Waals surface area contributed by atoms with Crippen molar-refractivity contribution in [2.45, 2.75) is 12.7 Å². The van der Waals surface area contributed by atoms with Crippen molar-refractivity contribution < 1.29 is 22.4 Å². The van der Waals surface area contributed by atoms with E-state index in [1.807, 2.05) is 4.90 Å². The number of H-pyrrole nitrogens is 1. The third kappa shape index (κ3) is 4.57. The molecule has 0 spiro atoms. The van der Waals surface area contributed by atoms with Crippen molar-refractivity contribution in [3.05, 3.63) is 65.2 Å². The molecule has 11 heteroatoms. The van der Waals surface area contributed by atoms with Crippen LogP contribution in [0.4, 0.5) is 23.4 Å². The summed E-state index contributed by atoms with van der Waals surface area (Å²) in [6.07, 6.45) is -1.82. The second-order valence-corrected chi connectivity index (χ2v) is 7.48. The molecule has 1 aliphatic heterocycles. The van der Waals surface area contributed by atoms with Crippen LogP contribution in [0.25, 0.3) is 11.3 Å². The van der Waals surface area contributed by atoms with Crippen LogP contribution in [0.1, 0.15) is 21.5 Å². The maximum Gasteiger partial charge on any atom is 0.417 e. The number of anilines is 1. The number of halogens is 4. The molecule has 1 aromatic carbocycles. The Labute approximate surface area is 180 Å². The normalized spacial score (nSPS) is 15.2. The maximum atomic E-state index is 13.8. The van der Waals surface area contributed by atoms with Crippen LogP contribution in [0.15, 0.2) is 42.7 Å². The summed E-state index contributed by atoms with van der Waals surface area (Å²) in [7, 11) is 0. The Kier molecular flexibility index (Phi) is 5.83. The summed E-state index contributed by atoms with van der Waals surface area (Å²) >= 11 is 0. The summed E-state index contributed by atoms with van der Waals surface area (Å²) in [5.74, 6) is -1.03. The van der Waals surface area contributed by atoms with Gasteiger partial charge in [0.25, 0.3) is 5.91 Å². The fourth-order valence-corrected chi connectivity index (χ4v) is 3.66. The van der Waals surface area contributed by atoms with E-state index in [-0.39, 0.29) is 5.56 Å². The van der Waals surface area contributed by atoms with Crippen LogP contribution in [0.2, 0.25) is 0 Å². The minimum Gasteiger partial charge on any atom is -0.366 e. The predicted molar refractivity (Wildman–Crippen MR) is 109 cm³/mol. The summed E-state index contributed by atoms with van der Waals surface area (Å²) in [5, 5.41) is 7.04. The van der Waals surface area contributed by atoms with Crippen LogP contribution in [0.5, 0.6) is 0 Å². The van der Waals surface area contributed by atoms with Crippen molar-refractivity contribution in [3.8, 4) is 11.3 Å². The van der Waals surface area contributed by atoms with E-state index >= 15 is 0 Å². The number of nitrogens with zero attached hydrogens (tertiary/aromatic N) is 4. The Morgan fingerprint density at radius 2 is 1.88 bits per heavy atom. The average molecular weight is 448 g/mol. The smallest absolute Gasteiger partial charge is 0.366 e. The number of carbonyl (C=O) groups is 1. The zero-order chi connectivity index (χ0) is 22.9. The molecule has 3 heterocycles. The molecule has 0 atom stereocenters. The van der Waals surface area contributed by atoms with Gasteiger partial charge < -0.3 is 10.6 Å². The van der Waals surface area contributed by atoms with Crippen molar-refractivity contribution in [1.82, 2.24) is 20.1 Å². The first-order valence-electron chi connectivity index (χ1n) is 9.85. The van der Waals surface area contributed by atoms with E-state index < -0.39 is 23.5 Å². The number of aromatic nitrogens is 3. The Morgan fingerprint density at radius 3 is 2.50 bits per heavy atom. The van der Waals surface area contributed by atoms with E-state index in [1.54, 1.807) is 6.20 Å². The molecule has 1 amide bonds. The van der Waals surface area contributed by atoms with Gasteiger partial charge in [0.15, 0.2) is 0 Å². The second kappa shape index (κ2) is 8.58. The van der Waals surface area contributed by atoms with E-state index in [0.717, 1.165) is 17.8 Å². The molecule has 0 saturated carbocycles. The lowest BCUT2D eigenvalue weighted by molar-refractivity contribution is -0.137. The first-order chi connectivity index (χ1) is 15.2. The van der Waals surface area contributed by atoms with E-state index in [9.17, 15) is 22.4 Å². The lowest BCUT2D eigenvalue weighted by Gasteiger charge is -2.35. The van der Waals surface area contributed by atoms with Crippen molar-refractivity contribution in [3.63, 3.8) is 0 Å². The van der Waals surface area contributed by atoms with E-state index in [0.29, 0.717) is 49.8 Å². The molecule has 4 rings (SSSR count). The van der Waals surface area contributed by atoms with Gasteiger partial charge in [0.1, 0.15) is 11.6 Å². The van der Waals surface area contributed by atoms with Gasteiger partial charge in [0.2, 0.25) is 0 Å². The minimum absolute atomic E-state index is 0.200. The van der Waals surface area contributed by atoms with Gasteiger partial charge in [0, 0.05) is 56.2 Å². The highest BCUT2D eigenvalue weighted by Gasteiger charge is 2.31. The molecule has 3 aromatic rings. The molecule has 1 fully saturated rings. The van der Waals surface area contributed by atoms with Crippen molar-refractivity contribution in [2.24, 2.45) is 5.73 Å². The van der Waals surface area contributed by atoms with Crippen LogP contribution in [0, 0.1) is 5.82 Å². The number of nitrogens with two attached hydrogens (primary N) is 1. The van der Waals surface area contributed by atoms with E-state index in [1.165, 1.54) is 24.3 Å². The first-order valence-corrected chi connectivity index (χ1v) is 9.85. The summed E-state index contributed by atoms with van der Waals surface area (Å²) in [5.41, 5.74) is 6.30. The highest BCUT2D eigenvalue weighted by Crippen LogP contribution is 2.30. The molecule has 168 valence electrons. The number of hydrogen-bond donors (Lipinski definition) is 2. The Hall–Kier alpha value is -3.47. The summed E-state index contributed by atoms with van der Waals surface area (Å²) in [4.78, 5) is 19.5. The number of hydrogen-bond acceptors (Lipinski definition) is 5. The number of pyridine rings is 1. The number of benzene rings is 1. The number of primary amides is 1. The molecule has 3 N–H and O–H groups in total. The molecular formula is C21H20F4N6O. The zero-order valence-electron chi connectivity index (χ0n) is 16.9. The zero-order valence-corrected chi connectivity index (χ0v) is 16.9.